The zero-order valence-corrected chi connectivity index (χ0v) is 23.4. The number of hydrogen-bond acceptors (Lipinski definition) is 7. The molecule has 0 N–H and O–H groups in total. The van der Waals surface area contributed by atoms with Gasteiger partial charge in [-0.05, 0) is 73.5 Å². The lowest BCUT2D eigenvalue weighted by molar-refractivity contribution is -0.0972. The first-order valence-corrected chi connectivity index (χ1v) is 16.5. The van der Waals surface area contributed by atoms with Crippen LogP contribution in [0.15, 0.2) is 30.3 Å². The van der Waals surface area contributed by atoms with E-state index in [4.69, 9.17) is 14.2 Å². The van der Waals surface area contributed by atoms with Gasteiger partial charge in [0.25, 0.3) is 0 Å². The van der Waals surface area contributed by atoms with Crippen molar-refractivity contribution in [1.29, 1.82) is 0 Å². The Kier molecular flexibility index (Phi) is 10.6. The number of ether oxygens (including phenoxy) is 3. The number of epoxide rings is 1. The average molecular weight is 529 g/mol. The van der Waals surface area contributed by atoms with E-state index < -0.39 is 0 Å². The van der Waals surface area contributed by atoms with Crippen molar-refractivity contribution in [2.45, 2.75) is 72.2 Å². The molecule has 4 rings (SSSR count). The van der Waals surface area contributed by atoms with E-state index in [0.717, 1.165) is 19.4 Å². The molecule has 3 heterocycles. The summed E-state index contributed by atoms with van der Waals surface area (Å²) < 4.78 is 17.9. The van der Waals surface area contributed by atoms with E-state index >= 15 is 0 Å². The van der Waals surface area contributed by atoms with Crippen LogP contribution in [0.3, 0.4) is 0 Å². The molecule has 3 fully saturated rings. The van der Waals surface area contributed by atoms with E-state index in [-0.39, 0.29) is 14.3 Å². The normalized spacial score (nSPS) is 25.9. The lowest BCUT2D eigenvalue weighted by Gasteiger charge is -2.48. The summed E-state index contributed by atoms with van der Waals surface area (Å²) in [5.74, 6) is 5.44. The molecule has 3 nitrogen and oxygen atoms in total. The van der Waals surface area contributed by atoms with Gasteiger partial charge < -0.3 is 14.2 Å². The molecule has 0 amide bonds. The standard InChI is InChI=1S/C26H40O3S4/c1-3-23(26(32-16-9-17-33-26)21-10-5-4-6-11-21)24(29-20-27-2)18-25(30-14-8-15-31-25)13-7-12-22-19-28-22/h4-6,10-11,22-24H,3,7-9,12-20H2,1-2H3/t22-,23-,24+/m0/s1. The summed E-state index contributed by atoms with van der Waals surface area (Å²) >= 11 is 8.73. The number of benzene rings is 1. The van der Waals surface area contributed by atoms with E-state index in [1.54, 1.807) is 7.11 Å². The van der Waals surface area contributed by atoms with Crippen molar-refractivity contribution in [3.8, 4) is 0 Å². The molecule has 3 saturated heterocycles. The minimum atomic E-state index is 0.0553. The molecule has 3 atom stereocenters. The van der Waals surface area contributed by atoms with Crippen LogP contribution < -0.4 is 0 Å². The molecule has 186 valence electrons. The van der Waals surface area contributed by atoms with Crippen molar-refractivity contribution in [2.75, 3.05) is 43.5 Å². The van der Waals surface area contributed by atoms with Gasteiger partial charge in [-0.2, -0.15) is 0 Å². The molecule has 0 radical (unpaired) electrons. The number of methoxy groups -OCH3 is 1. The van der Waals surface area contributed by atoms with Crippen LogP contribution in [0, 0.1) is 5.92 Å². The fraction of sp³-hybridized carbons (Fsp3) is 0.769. The predicted molar refractivity (Wildman–Crippen MR) is 149 cm³/mol. The van der Waals surface area contributed by atoms with E-state index in [1.165, 1.54) is 60.7 Å². The predicted octanol–water partition coefficient (Wildman–Crippen LogP) is 7.25. The van der Waals surface area contributed by atoms with Crippen LogP contribution in [0.25, 0.3) is 0 Å². The fourth-order valence-corrected chi connectivity index (χ4v) is 12.5. The van der Waals surface area contributed by atoms with E-state index in [0.29, 0.717) is 18.8 Å². The van der Waals surface area contributed by atoms with Crippen molar-refractivity contribution in [3.63, 3.8) is 0 Å². The number of hydrogen-bond donors (Lipinski definition) is 0. The molecule has 3 aliphatic rings. The van der Waals surface area contributed by atoms with Gasteiger partial charge in [0.05, 0.1) is 27.0 Å². The second-order valence-corrected chi connectivity index (χ2v) is 15.4. The Labute approximate surface area is 218 Å². The average Bonchev–Trinajstić information content (AvgIpc) is 3.69. The fourth-order valence-electron chi connectivity index (χ4n) is 5.18. The van der Waals surface area contributed by atoms with Crippen molar-refractivity contribution in [1.82, 2.24) is 0 Å². The summed E-state index contributed by atoms with van der Waals surface area (Å²) in [5, 5.41) is 0. The van der Waals surface area contributed by atoms with Crippen LogP contribution in [-0.4, -0.2) is 59.8 Å². The van der Waals surface area contributed by atoms with E-state index in [2.05, 4.69) is 84.3 Å². The number of rotatable bonds is 13. The second-order valence-electron chi connectivity index (χ2n) is 9.22. The molecule has 0 aromatic heterocycles. The monoisotopic (exact) mass is 528 g/mol. The van der Waals surface area contributed by atoms with Crippen LogP contribution in [0.2, 0.25) is 0 Å². The van der Waals surface area contributed by atoms with Gasteiger partial charge >= 0.3 is 0 Å². The van der Waals surface area contributed by atoms with Crippen molar-refractivity contribution >= 4 is 47.0 Å². The molecule has 0 aliphatic carbocycles. The van der Waals surface area contributed by atoms with E-state index in [1.807, 2.05) is 0 Å². The molecule has 0 saturated carbocycles. The Balaban J connectivity index is 1.59. The third-order valence-electron chi connectivity index (χ3n) is 6.89. The van der Waals surface area contributed by atoms with Crippen LogP contribution in [-0.2, 0) is 18.3 Å². The summed E-state index contributed by atoms with van der Waals surface area (Å²) in [7, 11) is 1.75. The maximum Gasteiger partial charge on any atom is 0.146 e. The van der Waals surface area contributed by atoms with E-state index in [9.17, 15) is 0 Å². The first kappa shape index (κ1) is 26.6. The molecule has 3 aliphatic heterocycles. The van der Waals surface area contributed by atoms with Gasteiger partial charge in [0.15, 0.2) is 0 Å². The second kappa shape index (κ2) is 13.2. The summed E-state index contributed by atoms with van der Waals surface area (Å²) in [6, 6.07) is 11.2. The first-order valence-electron chi connectivity index (χ1n) is 12.5. The summed E-state index contributed by atoms with van der Waals surface area (Å²) in [6.07, 6.45) is 9.27. The Morgan fingerprint density at radius 3 is 2.30 bits per heavy atom. The Morgan fingerprint density at radius 1 is 1.03 bits per heavy atom. The molecule has 0 spiro atoms. The third-order valence-corrected chi connectivity index (χ3v) is 14.0. The molecule has 1 aromatic rings. The first-order chi connectivity index (χ1) is 16.2. The van der Waals surface area contributed by atoms with Gasteiger partial charge in [-0.1, -0.05) is 37.3 Å². The molecule has 1 aromatic carbocycles. The Morgan fingerprint density at radius 2 is 1.70 bits per heavy atom. The summed E-state index contributed by atoms with van der Waals surface area (Å²) in [5.41, 5.74) is 1.46. The third kappa shape index (κ3) is 7.05. The maximum atomic E-state index is 6.61. The molecule has 0 unspecified atom stereocenters. The van der Waals surface area contributed by atoms with Gasteiger partial charge in [-0.15, -0.1) is 47.0 Å². The van der Waals surface area contributed by atoms with Crippen molar-refractivity contribution in [3.05, 3.63) is 35.9 Å². The number of thioether (sulfide) groups is 4. The lowest BCUT2D eigenvalue weighted by atomic mass is 9.87. The van der Waals surface area contributed by atoms with Crippen molar-refractivity contribution < 1.29 is 14.2 Å². The summed E-state index contributed by atoms with van der Waals surface area (Å²) in [4.78, 5) is 0. The molecular weight excluding hydrogens is 489 g/mol. The van der Waals surface area contributed by atoms with Gasteiger partial charge in [0, 0.05) is 13.0 Å². The highest BCUT2D eigenvalue weighted by Gasteiger charge is 2.49. The molecule has 0 bridgehead atoms. The smallest absolute Gasteiger partial charge is 0.146 e. The van der Waals surface area contributed by atoms with Gasteiger partial charge in [0.2, 0.25) is 0 Å². The molecule has 7 heteroatoms. The maximum absolute atomic E-state index is 6.61. The zero-order chi connectivity index (χ0) is 23.0. The van der Waals surface area contributed by atoms with Crippen molar-refractivity contribution in [2.24, 2.45) is 5.92 Å². The van der Waals surface area contributed by atoms with Gasteiger partial charge in [-0.3, -0.25) is 0 Å². The SMILES string of the molecule is CC[C@@H]([C@@H](CC1(CCC[C@H]2CO2)SCCCS1)OCOC)C1(c2ccccc2)SCCCS1. The Bertz CT molecular complexity index is 688. The van der Waals surface area contributed by atoms with Crippen LogP contribution >= 0.6 is 47.0 Å². The quantitative estimate of drug-likeness (QED) is 0.197. The largest absolute Gasteiger partial charge is 0.373 e. The lowest BCUT2D eigenvalue weighted by Crippen LogP contribution is -2.44. The Hall–Kier alpha value is 0.500. The topological polar surface area (TPSA) is 31.0 Å². The van der Waals surface area contributed by atoms with Gasteiger partial charge in [0.1, 0.15) is 6.79 Å². The highest BCUT2D eigenvalue weighted by atomic mass is 32.2. The minimum absolute atomic E-state index is 0.0553. The molecular formula is C26H40O3S4. The molecule has 33 heavy (non-hydrogen) atoms. The van der Waals surface area contributed by atoms with Crippen LogP contribution in [0.4, 0.5) is 0 Å². The van der Waals surface area contributed by atoms with Crippen LogP contribution in [0.5, 0.6) is 0 Å². The highest BCUT2D eigenvalue weighted by Crippen LogP contribution is 2.59. The van der Waals surface area contributed by atoms with Crippen LogP contribution in [0.1, 0.15) is 57.4 Å². The summed E-state index contributed by atoms with van der Waals surface area (Å²) in [6.45, 7) is 3.72. The minimum Gasteiger partial charge on any atom is -0.373 e. The highest BCUT2D eigenvalue weighted by molar-refractivity contribution is 8.19. The van der Waals surface area contributed by atoms with Gasteiger partial charge in [-0.25, -0.2) is 0 Å². The zero-order valence-electron chi connectivity index (χ0n) is 20.2.